The predicted octanol–water partition coefficient (Wildman–Crippen LogP) is 3.56. The van der Waals surface area contributed by atoms with Crippen molar-refractivity contribution < 1.29 is 9.53 Å². The van der Waals surface area contributed by atoms with Crippen molar-refractivity contribution in [3.8, 4) is 11.3 Å². The fourth-order valence-corrected chi connectivity index (χ4v) is 3.49. The van der Waals surface area contributed by atoms with Gasteiger partial charge in [-0.1, -0.05) is 30.3 Å². The van der Waals surface area contributed by atoms with Gasteiger partial charge in [0.25, 0.3) is 0 Å². The zero-order valence-electron chi connectivity index (χ0n) is 12.1. The summed E-state index contributed by atoms with van der Waals surface area (Å²) in [7, 11) is 0. The highest BCUT2D eigenvalue weighted by molar-refractivity contribution is 7.14. The number of aromatic nitrogens is 1. The van der Waals surface area contributed by atoms with E-state index in [1.807, 2.05) is 35.7 Å². The molecule has 1 atom stereocenters. The molecule has 22 heavy (non-hydrogen) atoms. The Morgan fingerprint density at radius 2 is 2.23 bits per heavy atom. The number of rotatable bonds is 5. The Labute approximate surface area is 138 Å². The van der Waals surface area contributed by atoms with Gasteiger partial charge in [0, 0.05) is 17.6 Å². The third kappa shape index (κ3) is 3.48. The van der Waals surface area contributed by atoms with Gasteiger partial charge in [0.15, 0.2) is 5.13 Å². The maximum absolute atomic E-state index is 12.2. The van der Waals surface area contributed by atoms with Gasteiger partial charge in [-0.25, -0.2) is 4.98 Å². The summed E-state index contributed by atoms with van der Waals surface area (Å²) in [6, 6.07) is 9.93. The number of thiazole rings is 1. The van der Waals surface area contributed by atoms with E-state index in [0.29, 0.717) is 11.7 Å². The lowest BCUT2D eigenvalue weighted by molar-refractivity contribution is -0.116. The zero-order valence-corrected chi connectivity index (χ0v) is 13.6. The highest BCUT2D eigenvalue weighted by Crippen LogP contribution is 2.28. The molecule has 1 aromatic heterocycles. The first kappa shape index (κ1) is 15.5. The molecule has 3 rings (SSSR count). The molecular weight excluding hydrogens is 320 g/mol. The van der Waals surface area contributed by atoms with Gasteiger partial charge < -0.3 is 4.74 Å². The second-order valence-electron chi connectivity index (χ2n) is 5.15. The lowest BCUT2D eigenvalue weighted by atomic mass is 10.2. The molecule has 1 aromatic carbocycles. The number of ether oxygens (including phenoxy) is 1. The van der Waals surface area contributed by atoms with Gasteiger partial charge in [-0.2, -0.15) is 0 Å². The van der Waals surface area contributed by atoms with Gasteiger partial charge in [-0.15, -0.1) is 22.9 Å². The number of carbonyl (C=O) groups is 1. The van der Waals surface area contributed by atoms with Gasteiger partial charge in [-0.3, -0.25) is 9.69 Å². The minimum absolute atomic E-state index is 0.0486. The monoisotopic (exact) mass is 336 g/mol. The van der Waals surface area contributed by atoms with E-state index in [1.54, 1.807) is 4.90 Å². The first-order valence-electron chi connectivity index (χ1n) is 7.27. The van der Waals surface area contributed by atoms with Crippen LogP contribution >= 0.6 is 22.9 Å². The molecule has 0 spiro atoms. The highest BCUT2D eigenvalue weighted by atomic mass is 35.5. The lowest BCUT2D eigenvalue weighted by Crippen LogP contribution is -2.38. The number of hydrogen-bond donors (Lipinski definition) is 0. The van der Waals surface area contributed by atoms with Crippen molar-refractivity contribution >= 4 is 34.0 Å². The van der Waals surface area contributed by atoms with Crippen LogP contribution in [0, 0.1) is 0 Å². The maximum atomic E-state index is 12.2. The number of halogens is 1. The van der Waals surface area contributed by atoms with Crippen LogP contribution in [0.25, 0.3) is 11.3 Å². The molecule has 0 bridgehead atoms. The lowest BCUT2D eigenvalue weighted by Gasteiger charge is -2.22. The third-order valence-electron chi connectivity index (χ3n) is 3.62. The number of benzene rings is 1. The van der Waals surface area contributed by atoms with Crippen LogP contribution in [-0.2, 0) is 9.53 Å². The molecule has 2 aromatic rings. The number of anilines is 1. The molecule has 0 saturated carbocycles. The number of hydrogen-bond acceptors (Lipinski definition) is 4. The van der Waals surface area contributed by atoms with E-state index in [-0.39, 0.29) is 17.9 Å². The second-order valence-corrected chi connectivity index (χ2v) is 6.26. The van der Waals surface area contributed by atoms with Gasteiger partial charge >= 0.3 is 0 Å². The number of alkyl halides is 1. The van der Waals surface area contributed by atoms with Gasteiger partial charge in [0.2, 0.25) is 5.91 Å². The average molecular weight is 337 g/mol. The normalized spacial score (nSPS) is 17.6. The fraction of sp³-hybridized carbons (Fsp3) is 0.375. The zero-order chi connectivity index (χ0) is 15.4. The second kappa shape index (κ2) is 7.22. The molecule has 0 aliphatic carbocycles. The average Bonchev–Trinajstić information content (AvgIpc) is 3.24. The SMILES string of the molecule is O=C(CCl)N(C[C@H]1CCCO1)c1nc(-c2ccccc2)cs1. The molecule has 116 valence electrons. The molecule has 0 N–H and O–H groups in total. The van der Waals surface area contributed by atoms with Gasteiger partial charge in [-0.05, 0) is 12.8 Å². The minimum Gasteiger partial charge on any atom is -0.376 e. The summed E-state index contributed by atoms with van der Waals surface area (Å²) in [6.45, 7) is 1.29. The summed E-state index contributed by atoms with van der Waals surface area (Å²) in [5, 5.41) is 2.65. The summed E-state index contributed by atoms with van der Waals surface area (Å²) in [5.41, 5.74) is 1.92. The molecule has 1 saturated heterocycles. The van der Waals surface area contributed by atoms with Crippen molar-refractivity contribution in [2.75, 3.05) is 23.9 Å². The van der Waals surface area contributed by atoms with Crippen molar-refractivity contribution in [2.45, 2.75) is 18.9 Å². The van der Waals surface area contributed by atoms with Gasteiger partial charge in [0.05, 0.1) is 18.3 Å². The van der Waals surface area contributed by atoms with Crippen molar-refractivity contribution in [1.82, 2.24) is 4.98 Å². The molecular formula is C16H17ClN2O2S. The smallest absolute Gasteiger partial charge is 0.243 e. The highest BCUT2D eigenvalue weighted by Gasteiger charge is 2.25. The molecule has 1 amide bonds. The van der Waals surface area contributed by atoms with Crippen molar-refractivity contribution in [2.24, 2.45) is 0 Å². The van der Waals surface area contributed by atoms with E-state index >= 15 is 0 Å². The number of nitrogens with zero attached hydrogens (tertiary/aromatic N) is 2. The van der Waals surface area contributed by atoms with E-state index in [4.69, 9.17) is 16.3 Å². The molecule has 0 unspecified atom stereocenters. The summed E-state index contributed by atoms with van der Waals surface area (Å²) in [4.78, 5) is 18.4. The van der Waals surface area contributed by atoms with Crippen LogP contribution in [-0.4, -0.2) is 36.0 Å². The Hall–Kier alpha value is -1.43. The molecule has 1 aliphatic rings. The first-order valence-corrected chi connectivity index (χ1v) is 8.68. The Kier molecular flexibility index (Phi) is 5.08. The largest absolute Gasteiger partial charge is 0.376 e. The maximum Gasteiger partial charge on any atom is 0.243 e. The van der Waals surface area contributed by atoms with Crippen molar-refractivity contribution in [3.63, 3.8) is 0 Å². The number of amides is 1. The van der Waals surface area contributed by atoms with Crippen LogP contribution in [0.4, 0.5) is 5.13 Å². The van der Waals surface area contributed by atoms with E-state index < -0.39 is 0 Å². The summed E-state index contributed by atoms with van der Waals surface area (Å²) < 4.78 is 5.63. The Morgan fingerprint density at radius 3 is 2.91 bits per heavy atom. The molecule has 4 nitrogen and oxygen atoms in total. The Morgan fingerprint density at radius 1 is 1.41 bits per heavy atom. The van der Waals surface area contributed by atoms with Crippen LogP contribution in [0.1, 0.15) is 12.8 Å². The van der Waals surface area contributed by atoms with Crippen LogP contribution in [0.2, 0.25) is 0 Å². The number of carbonyl (C=O) groups excluding carboxylic acids is 1. The summed E-state index contributed by atoms with van der Waals surface area (Å²) in [5.74, 6) is -0.182. The van der Waals surface area contributed by atoms with E-state index in [2.05, 4.69) is 4.98 Å². The van der Waals surface area contributed by atoms with Gasteiger partial charge in [0.1, 0.15) is 5.88 Å². The van der Waals surface area contributed by atoms with E-state index in [9.17, 15) is 4.79 Å². The topological polar surface area (TPSA) is 42.4 Å². The third-order valence-corrected chi connectivity index (χ3v) is 4.71. The van der Waals surface area contributed by atoms with Crippen LogP contribution in [0.5, 0.6) is 0 Å². The predicted molar refractivity (Wildman–Crippen MR) is 89.6 cm³/mol. The van der Waals surface area contributed by atoms with Crippen LogP contribution < -0.4 is 4.90 Å². The molecule has 2 heterocycles. The van der Waals surface area contributed by atoms with E-state index in [1.165, 1.54) is 11.3 Å². The Balaban J connectivity index is 1.81. The first-order chi connectivity index (χ1) is 10.8. The van der Waals surface area contributed by atoms with Crippen molar-refractivity contribution in [3.05, 3.63) is 35.7 Å². The summed E-state index contributed by atoms with van der Waals surface area (Å²) >= 11 is 7.21. The van der Waals surface area contributed by atoms with E-state index in [0.717, 1.165) is 30.7 Å². The molecule has 6 heteroatoms. The molecule has 0 radical (unpaired) electrons. The minimum atomic E-state index is -0.133. The fourth-order valence-electron chi connectivity index (χ4n) is 2.48. The Bertz CT molecular complexity index is 626. The summed E-state index contributed by atoms with van der Waals surface area (Å²) in [6.07, 6.45) is 2.10. The molecule has 1 fully saturated rings. The van der Waals surface area contributed by atoms with Crippen LogP contribution in [0.15, 0.2) is 35.7 Å². The molecule has 1 aliphatic heterocycles. The van der Waals surface area contributed by atoms with Crippen molar-refractivity contribution in [1.29, 1.82) is 0 Å². The standard InChI is InChI=1S/C16H17ClN2O2S/c17-9-15(20)19(10-13-7-4-8-21-13)16-18-14(11-22-16)12-5-2-1-3-6-12/h1-3,5-6,11,13H,4,7-10H2/t13-/m1/s1. The van der Waals surface area contributed by atoms with Crippen LogP contribution in [0.3, 0.4) is 0 Å². The quantitative estimate of drug-likeness (QED) is 0.784.